The van der Waals surface area contributed by atoms with Crippen molar-refractivity contribution in [1.29, 1.82) is 0 Å². The molecule has 5 fully saturated rings. The summed E-state index contributed by atoms with van der Waals surface area (Å²) in [5, 5.41) is 11.8. The average Bonchev–Trinajstić information content (AvgIpc) is 2.95. The second-order valence-electron chi connectivity index (χ2n) is 12.2. The summed E-state index contributed by atoms with van der Waals surface area (Å²) < 4.78 is 0. The van der Waals surface area contributed by atoms with Crippen LogP contribution >= 0.6 is 0 Å². The zero-order valence-electron chi connectivity index (χ0n) is 18.9. The lowest BCUT2D eigenvalue weighted by Crippen LogP contribution is -2.66. The van der Waals surface area contributed by atoms with Crippen LogP contribution in [0.5, 0.6) is 0 Å². The number of Topliss-reactive ketones (excluding diaryl/α,β-unsaturated/α-hetero) is 2. The fourth-order valence-corrected chi connectivity index (χ4v) is 10.3. The summed E-state index contributed by atoms with van der Waals surface area (Å²) in [4.78, 5) is 25.5. The van der Waals surface area contributed by atoms with Gasteiger partial charge in [-0.3, -0.25) is 9.59 Å². The lowest BCUT2D eigenvalue weighted by Gasteiger charge is -2.66. The molecule has 3 heteroatoms. The molecule has 0 bridgehead atoms. The molecular formula is C26H40O3. The number of aliphatic hydroxyl groups is 1. The SMILES string of the molecule is CC(=O)[C@@]12CCCCC1CC1[C@@H]3C[C@H](C)[C@@]4(O)CC(=O)CC[C@]4(C)C3CC[C@@]12C. The molecule has 5 saturated carbocycles. The first-order chi connectivity index (χ1) is 13.6. The van der Waals surface area contributed by atoms with Gasteiger partial charge in [0.15, 0.2) is 0 Å². The minimum atomic E-state index is -0.832. The van der Waals surface area contributed by atoms with Gasteiger partial charge in [-0.05, 0) is 86.9 Å². The molecule has 3 unspecified atom stereocenters. The molecule has 5 aliphatic rings. The number of carbonyl (C=O) groups is 2. The Labute approximate surface area is 176 Å². The van der Waals surface area contributed by atoms with E-state index in [4.69, 9.17) is 0 Å². The van der Waals surface area contributed by atoms with E-state index < -0.39 is 5.60 Å². The molecule has 9 atom stereocenters. The van der Waals surface area contributed by atoms with Gasteiger partial charge in [-0.1, -0.05) is 33.6 Å². The van der Waals surface area contributed by atoms with E-state index >= 15 is 0 Å². The normalized spacial score (nSPS) is 56.7. The van der Waals surface area contributed by atoms with Gasteiger partial charge >= 0.3 is 0 Å². The van der Waals surface area contributed by atoms with Crippen molar-refractivity contribution in [3.8, 4) is 0 Å². The Morgan fingerprint density at radius 2 is 1.76 bits per heavy atom. The van der Waals surface area contributed by atoms with E-state index in [1.54, 1.807) is 0 Å². The van der Waals surface area contributed by atoms with Crippen molar-refractivity contribution < 1.29 is 14.7 Å². The van der Waals surface area contributed by atoms with Gasteiger partial charge in [0.05, 0.1) is 5.60 Å². The second kappa shape index (κ2) is 6.17. The summed E-state index contributed by atoms with van der Waals surface area (Å²) in [6, 6.07) is 0. The van der Waals surface area contributed by atoms with E-state index in [0.29, 0.717) is 42.3 Å². The molecule has 0 saturated heterocycles. The van der Waals surface area contributed by atoms with E-state index in [-0.39, 0.29) is 27.9 Å². The molecule has 3 nitrogen and oxygen atoms in total. The van der Waals surface area contributed by atoms with Crippen molar-refractivity contribution in [2.75, 3.05) is 0 Å². The van der Waals surface area contributed by atoms with E-state index in [9.17, 15) is 14.7 Å². The maximum atomic E-state index is 13.2. The van der Waals surface area contributed by atoms with Gasteiger partial charge in [0.1, 0.15) is 11.6 Å². The van der Waals surface area contributed by atoms with Gasteiger partial charge in [0.2, 0.25) is 0 Å². The maximum Gasteiger partial charge on any atom is 0.136 e. The first-order valence-corrected chi connectivity index (χ1v) is 12.4. The number of rotatable bonds is 1. The monoisotopic (exact) mass is 400 g/mol. The predicted molar refractivity (Wildman–Crippen MR) is 113 cm³/mol. The van der Waals surface area contributed by atoms with Crippen LogP contribution in [0.1, 0.15) is 98.3 Å². The summed E-state index contributed by atoms with van der Waals surface area (Å²) in [5.74, 6) is 3.15. The van der Waals surface area contributed by atoms with Crippen molar-refractivity contribution in [2.45, 2.75) is 104 Å². The quantitative estimate of drug-likeness (QED) is 0.647. The molecule has 5 rings (SSSR count). The molecule has 29 heavy (non-hydrogen) atoms. The molecule has 0 aliphatic heterocycles. The molecule has 0 amide bonds. The zero-order valence-corrected chi connectivity index (χ0v) is 18.9. The van der Waals surface area contributed by atoms with Gasteiger partial charge in [-0.25, -0.2) is 0 Å². The molecule has 0 heterocycles. The van der Waals surface area contributed by atoms with Crippen LogP contribution in [-0.4, -0.2) is 22.3 Å². The predicted octanol–water partition coefficient (Wildman–Crippen LogP) is 5.33. The van der Waals surface area contributed by atoms with Gasteiger partial charge in [-0.2, -0.15) is 0 Å². The van der Waals surface area contributed by atoms with Crippen LogP contribution in [0.25, 0.3) is 0 Å². The Hall–Kier alpha value is -0.700. The molecule has 0 aromatic rings. The summed E-state index contributed by atoms with van der Waals surface area (Å²) in [6.45, 7) is 8.85. The highest BCUT2D eigenvalue weighted by atomic mass is 16.3. The van der Waals surface area contributed by atoms with Gasteiger partial charge < -0.3 is 5.11 Å². The first kappa shape index (κ1) is 20.2. The molecule has 0 aromatic carbocycles. The number of hydrogen-bond donors (Lipinski definition) is 1. The lowest BCUT2D eigenvalue weighted by atomic mass is 9.40. The fourth-order valence-electron chi connectivity index (χ4n) is 10.3. The third kappa shape index (κ3) is 2.24. The average molecular weight is 401 g/mol. The standard InChI is InChI=1S/C26H40O3/c1-16-13-20-21(24(4)11-8-19(28)15-26(16,24)29)9-12-23(3)22(20)14-18-7-5-6-10-25(18,23)17(2)27/h16,18,20-22,29H,5-15H2,1-4H3/t16-,18?,20+,21?,22?,23-,24+,25-,26-/m0/s1. The summed E-state index contributed by atoms with van der Waals surface area (Å²) in [7, 11) is 0. The largest absolute Gasteiger partial charge is 0.389 e. The van der Waals surface area contributed by atoms with Crippen LogP contribution in [-0.2, 0) is 9.59 Å². The van der Waals surface area contributed by atoms with E-state index in [1.807, 2.05) is 6.92 Å². The lowest BCUT2D eigenvalue weighted by molar-refractivity contribution is -0.230. The fraction of sp³-hybridized carbons (Fsp3) is 0.923. The van der Waals surface area contributed by atoms with E-state index in [1.165, 1.54) is 25.7 Å². The molecule has 0 spiro atoms. The van der Waals surface area contributed by atoms with Gasteiger partial charge in [-0.15, -0.1) is 0 Å². The Kier molecular flexibility index (Phi) is 4.30. The van der Waals surface area contributed by atoms with Crippen LogP contribution in [0.4, 0.5) is 0 Å². The third-order valence-corrected chi connectivity index (χ3v) is 11.7. The summed E-state index contributed by atoms with van der Waals surface area (Å²) in [5.41, 5.74) is -0.953. The summed E-state index contributed by atoms with van der Waals surface area (Å²) in [6.07, 6.45) is 11.2. The number of ketones is 2. The zero-order chi connectivity index (χ0) is 20.8. The number of hydrogen-bond acceptors (Lipinski definition) is 3. The molecule has 0 aromatic heterocycles. The Balaban J connectivity index is 1.56. The third-order valence-electron chi connectivity index (χ3n) is 11.7. The second-order valence-corrected chi connectivity index (χ2v) is 12.2. The summed E-state index contributed by atoms with van der Waals surface area (Å²) >= 11 is 0. The van der Waals surface area contributed by atoms with Gasteiger partial charge in [0, 0.05) is 23.7 Å². The first-order valence-electron chi connectivity index (χ1n) is 12.4. The van der Waals surface area contributed by atoms with Crippen LogP contribution in [0.2, 0.25) is 0 Å². The highest BCUT2D eigenvalue weighted by Crippen LogP contribution is 2.75. The maximum absolute atomic E-state index is 13.2. The van der Waals surface area contributed by atoms with Crippen molar-refractivity contribution in [3.05, 3.63) is 0 Å². The highest BCUT2D eigenvalue weighted by molar-refractivity contribution is 5.84. The number of carbonyl (C=O) groups excluding carboxylic acids is 2. The van der Waals surface area contributed by atoms with Crippen LogP contribution in [0.3, 0.4) is 0 Å². The van der Waals surface area contributed by atoms with Crippen molar-refractivity contribution in [3.63, 3.8) is 0 Å². The Morgan fingerprint density at radius 1 is 1.00 bits per heavy atom. The topological polar surface area (TPSA) is 54.4 Å². The van der Waals surface area contributed by atoms with Crippen molar-refractivity contribution >= 4 is 11.6 Å². The Morgan fingerprint density at radius 3 is 2.48 bits per heavy atom. The number of fused-ring (bicyclic) bond motifs is 7. The Bertz CT molecular complexity index is 744. The molecule has 0 radical (unpaired) electrons. The van der Waals surface area contributed by atoms with E-state index in [2.05, 4.69) is 20.8 Å². The van der Waals surface area contributed by atoms with Crippen LogP contribution < -0.4 is 0 Å². The van der Waals surface area contributed by atoms with Gasteiger partial charge in [0.25, 0.3) is 0 Å². The minimum absolute atomic E-state index is 0.0959. The van der Waals surface area contributed by atoms with Crippen molar-refractivity contribution in [1.82, 2.24) is 0 Å². The van der Waals surface area contributed by atoms with Crippen molar-refractivity contribution in [2.24, 2.45) is 45.8 Å². The molecule has 5 aliphatic carbocycles. The molecular weight excluding hydrogens is 360 g/mol. The molecule has 162 valence electrons. The highest BCUT2D eigenvalue weighted by Gasteiger charge is 2.71. The minimum Gasteiger partial charge on any atom is -0.389 e. The van der Waals surface area contributed by atoms with Crippen LogP contribution in [0, 0.1) is 45.8 Å². The smallest absolute Gasteiger partial charge is 0.136 e. The van der Waals surface area contributed by atoms with Crippen LogP contribution in [0.15, 0.2) is 0 Å². The molecule has 1 N–H and O–H groups in total. The van der Waals surface area contributed by atoms with E-state index in [0.717, 1.165) is 32.1 Å².